The van der Waals surface area contributed by atoms with Gasteiger partial charge < -0.3 is 18.9 Å². The number of furan rings is 1. The zero-order chi connectivity index (χ0) is 15.2. The number of hydrogen-bond acceptors (Lipinski definition) is 7. The topological polar surface area (TPSA) is 90.4 Å². The van der Waals surface area contributed by atoms with Gasteiger partial charge in [0.1, 0.15) is 5.76 Å². The van der Waals surface area contributed by atoms with Crippen LogP contribution < -0.4 is 5.32 Å². The molecule has 1 N–H and O–H groups in total. The van der Waals surface area contributed by atoms with E-state index < -0.39 is 0 Å². The average molecular weight is 311 g/mol. The zero-order valence-electron chi connectivity index (χ0n) is 12.1. The van der Waals surface area contributed by atoms with Crippen molar-refractivity contribution in [3.05, 3.63) is 18.1 Å². The van der Waals surface area contributed by atoms with Crippen molar-refractivity contribution in [1.82, 2.24) is 15.5 Å². The lowest BCUT2D eigenvalue weighted by Gasteiger charge is -2.08. The Bertz CT molecular complexity index is 596. The van der Waals surface area contributed by atoms with Crippen LogP contribution in [0.15, 0.2) is 26.4 Å². The van der Waals surface area contributed by atoms with Gasteiger partial charge in [-0.3, -0.25) is 4.79 Å². The van der Waals surface area contributed by atoms with Crippen LogP contribution in [-0.4, -0.2) is 41.6 Å². The molecule has 0 bridgehead atoms. The molecule has 0 saturated heterocycles. The molecule has 2 heterocycles. The van der Waals surface area contributed by atoms with Gasteiger partial charge in [0.25, 0.3) is 11.1 Å². The Balaban J connectivity index is 1.93. The first-order valence-corrected chi connectivity index (χ1v) is 7.31. The molecular formula is C13H17N3O4S. The number of carbonyl (C=O) groups excluding carboxylic acids is 1. The molecule has 1 atom stereocenters. The van der Waals surface area contributed by atoms with E-state index in [0.717, 1.165) is 5.56 Å². The summed E-state index contributed by atoms with van der Waals surface area (Å²) in [6.45, 7) is 4.55. The lowest BCUT2D eigenvalue weighted by Crippen LogP contribution is -2.33. The van der Waals surface area contributed by atoms with E-state index in [9.17, 15) is 4.79 Å². The van der Waals surface area contributed by atoms with Gasteiger partial charge in [0.05, 0.1) is 23.7 Å². The van der Waals surface area contributed by atoms with Crippen LogP contribution in [0.3, 0.4) is 0 Å². The number of ether oxygens (including phenoxy) is 1. The highest BCUT2D eigenvalue weighted by Crippen LogP contribution is 2.28. The highest BCUT2D eigenvalue weighted by atomic mass is 32.2. The predicted octanol–water partition coefficient (Wildman–Crippen LogP) is 1.88. The van der Waals surface area contributed by atoms with Gasteiger partial charge in [-0.25, -0.2) is 0 Å². The first kappa shape index (κ1) is 15.6. The minimum atomic E-state index is -0.333. The molecule has 2 rings (SSSR count). The zero-order valence-corrected chi connectivity index (χ0v) is 12.9. The molecule has 0 saturated carbocycles. The van der Waals surface area contributed by atoms with Gasteiger partial charge in [0, 0.05) is 13.7 Å². The van der Waals surface area contributed by atoms with Crippen molar-refractivity contribution in [1.29, 1.82) is 0 Å². The fourth-order valence-corrected chi connectivity index (χ4v) is 2.31. The second kappa shape index (κ2) is 7.28. The van der Waals surface area contributed by atoms with E-state index in [1.807, 2.05) is 6.92 Å². The lowest BCUT2D eigenvalue weighted by atomic mass is 10.3. The van der Waals surface area contributed by atoms with Gasteiger partial charge in [-0.2, -0.15) is 0 Å². The third-order valence-electron chi connectivity index (χ3n) is 2.75. The number of methoxy groups -OCH3 is 1. The smallest absolute Gasteiger partial charge is 0.277 e. The summed E-state index contributed by atoms with van der Waals surface area (Å²) in [5.74, 6) is 0.993. The number of rotatable bonds is 7. The van der Waals surface area contributed by atoms with E-state index >= 15 is 0 Å². The van der Waals surface area contributed by atoms with Crippen molar-refractivity contribution in [2.24, 2.45) is 0 Å². The Morgan fingerprint density at radius 1 is 1.52 bits per heavy atom. The summed E-state index contributed by atoms with van der Waals surface area (Å²) in [5, 5.41) is 10.7. The molecule has 2 aromatic heterocycles. The maximum atomic E-state index is 11.8. The summed E-state index contributed by atoms with van der Waals surface area (Å²) in [4.78, 5) is 11.8. The van der Waals surface area contributed by atoms with Crippen molar-refractivity contribution >= 4 is 17.7 Å². The molecule has 0 unspecified atom stereocenters. The average Bonchev–Trinajstić information content (AvgIpc) is 3.07. The summed E-state index contributed by atoms with van der Waals surface area (Å²) in [6.07, 6.45) is 1.56. The Hall–Kier alpha value is -1.80. The van der Waals surface area contributed by atoms with E-state index in [4.69, 9.17) is 13.6 Å². The summed E-state index contributed by atoms with van der Waals surface area (Å²) in [6, 6.07) is 1.76. The molecule has 7 nitrogen and oxygen atoms in total. The van der Waals surface area contributed by atoms with Gasteiger partial charge in [-0.1, -0.05) is 11.8 Å². The van der Waals surface area contributed by atoms with Gasteiger partial charge in [-0.05, 0) is 19.9 Å². The van der Waals surface area contributed by atoms with Crippen LogP contribution in [0.5, 0.6) is 0 Å². The van der Waals surface area contributed by atoms with E-state index in [2.05, 4.69) is 15.5 Å². The fourth-order valence-electron chi connectivity index (χ4n) is 1.60. The molecule has 8 heteroatoms. The van der Waals surface area contributed by atoms with Crippen molar-refractivity contribution < 1.29 is 18.4 Å². The van der Waals surface area contributed by atoms with Gasteiger partial charge >= 0.3 is 0 Å². The number of amides is 1. The number of thioether (sulfide) groups is 1. The Kier molecular flexibility index (Phi) is 5.40. The second-order valence-electron chi connectivity index (χ2n) is 4.31. The van der Waals surface area contributed by atoms with Crippen LogP contribution in [0.1, 0.15) is 12.7 Å². The molecule has 0 radical (unpaired) electrons. The highest BCUT2D eigenvalue weighted by molar-refractivity contribution is 8.00. The molecule has 1 amide bonds. The highest BCUT2D eigenvalue weighted by Gasteiger charge is 2.19. The molecule has 0 aromatic carbocycles. The Morgan fingerprint density at radius 2 is 2.33 bits per heavy atom. The molecule has 0 aliphatic heterocycles. The molecule has 0 fully saturated rings. The van der Waals surface area contributed by atoms with Gasteiger partial charge in [-0.15, -0.1) is 10.2 Å². The normalized spacial score (nSPS) is 12.3. The van der Waals surface area contributed by atoms with Crippen LogP contribution in [0.25, 0.3) is 11.5 Å². The molecule has 0 aliphatic carbocycles. The number of carbonyl (C=O) groups is 1. The van der Waals surface area contributed by atoms with Crippen molar-refractivity contribution in [3.8, 4) is 11.5 Å². The predicted molar refractivity (Wildman–Crippen MR) is 76.9 cm³/mol. The van der Waals surface area contributed by atoms with Crippen molar-refractivity contribution in [2.75, 3.05) is 20.3 Å². The number of aromatic nitrogens is 2. The van der Waals surface area contributed by atoms with Crippen LogP contribution in [-0.2, 0) is 9.53 Å². The standard InChI is InChI=1S/C13H17N3O4S/c1-8-10(4-6-19-8)12-15-16-13(20-12)21-9(2)11(17)14-5-7-18-3/h4,6,9H,5,7H2,1-3H3,(H,14,17)/t9-/m1/s1. The third kappa shape index (κ3) is 4.08. The molecule has 0 aliphatic rings. The quantitative estimate of drug-likeness (QED) is 0.616. The fraction of sp³-hybridized carbons (Fsp3) is 0.462. The van der Waals surface area contributed by atoms with Crippen molar-refractivity contribution in [3.63, 3.8) is 0 Å². The summed E-state index contributed by atoms with van der Waals surface area (Å²) in [7, 11) is 1.59. The molecule has 21 heavy (non-hydrogen) atoms. The maximum absolute atomic E-state index is 11.8. The maximum Gasteiger partial charge on any atom is 0.277 e. The monoisotopic (exact) mass is 311 g/mol. The second-order valence-corrected chi connectivity index (χ2v) is 5.60. The minimum absolute atomic E-state index is 0.101. The molecule has 114 valence electrons. The van der Waals surface area contributed by atoms with Gasteiger partial charge in [0.15, 0.2) is 0 Å². The SMILES string of the molecule is COCCNC(=O)[C@@H](C)Sc1nnc(-c2ccoc2C)o1. The summed E-state index contributed by atoms with van der Waals surface area (Å²) in [5.41, 5.74) is 0.756. The Morgan fingerprint density at radius 3 is 3.00 bits per heavy atom. The number of nitrogens with one attached hydrogen (secondary N) is 1. The number of nitrogens with zero attached hydrogens (tertiary/aromatic N) is 2. The van der Waals surface area contributed by atoms with E-state index in [1.54, 1.807) is 26.4 Å². The van der Waals surface area contributed by atoms with E-state index in [-0.39, 0.29) is 11.2 Å². The molecule has 0 spiro atoms. The largest absolute Gasteiger partial charge is 0.469 e. The van der Waals surface area contributed by atoms with Crippen LogP contribution in [0.2, 0.25) is 0 Å². The van der Waals surface area contributed by atoms with Crippen LogP contribution in [0.4, 0.5) is 0 Å². The lowest BCUT2D eigenvalue weighted by molar-refractivity contribution is -0.120. The van der Waals surface area contributed by atoms with Crippen molar-refractivity contribution in [2.45, 2.75) is 24.3 Å². The Labute approximate surface area is 126 Å². The summed E-state index contributed by atoms with van der Waals surface area (Å²) >= 11 is 1.21. The first-order chi connectivity index (χ1) is 10.1. The van der Waals surface area contributed by atoms with E-state index in [1.165, 1.54) is 11.8 Å². The summed E-state index contributed by atoms with van der Waals surface area (Å²) < 4.78 is 15.6. The number of hydrogen-bond donors (Lipinski definition) is 1. The van der Waals surface area contributed by atoms with Gasteiger partial charge in [0.2, 0.25) is 5.91 Å². The molecular weight excluding hydrogens is 294 g/mol. The number of aryl methyl sites for hydroxylation is 1. The third-order valence-corrected chi connectivity index (χ3v) is 3.68. The van der Waals surface area contributed by atoms with E-state index in [0.29, 0.717) is 30.0 Å². The van der Waals surface area contributed by atoms with Crippen LogP contribution in [0, 0.1) is 6.92 Å². The first-order valence-electron chi connectivity index (χ1n) is 6.43. The minimum Gasteiger partial charge on any atom is -0.469 e. The van der Waals surface area contributed by atoms with Crippen LogP contribution >= 0.6 is 11.8 Å². The molecule has 2 aromatic rings.